The van der Waals surface area contributed by atoms with Gasteiger partial charge in [-0.2, -0.15) is 10.2 Å². The van der Waals surface area contributed by atoms with E-state index in [0.717, 1.165) is 28.0 Å². The third-order valence-electron chi connectivity index (χ3n) is 2.89. The van der Waals surface area contributed by atoms with Crippen LogP contribution in [-0.4, -0.2) is 24.5 Å². The third-order valence-corrected chi connectivity index (χ3v) is 2.89. The van der Waals surface area contributed by atoms with Crippen molar-refractivity contribution in [3.05, 3.63) is 30.2 Å². The second kappa shape index (κ2) is 3.41. The Bertz CT molecular complexity index is 692. The first-order valence-electron chi connectivity index (χ1n) is 5.44. The summed E-state index contributed by atoms with van der Waals surface area (Å²) in [4.78, 5) is 4.25. The molecule has 2 aromatic heterocycles. The molecular formula is C12H13N5. The number of hydrogen-bond acceptors (Lipinski definition) is 3. The van der Waals surface area contributed by atoms with Crippen LogP contribution < -0.4 is 0 Å². The van der Waals surface area contributed by atoms with Crippen LogP contribution in [0.2, 0.25) is 0 Å². The van der Waals surface area contributed by atoms with Gasteiger partial charge in [0.15, 0.2) is 5.82 Å². The minimum Gasteiger partial charge on any atom is -0.268 e. The van der Waals surface area contributed by atoms with E-state index in [9.17, 15) is 0 Å². The lowest BCUT2D eigenvalue weighted by Crippen LogP contribution is -1.90. The molecule has 0 unspecified atom stereocenters. The number of benzene rings is 1. The Kier molecular flexibility index (Phi) is 2.01. The van der Waals surface area contributed by atoms with Gasteiger partial charge in [-0.25, -0.2) is 4.98 Å². The molecule has 0 aliphatic rings. The summed E-state index contributed by atoms with van der Waals surface area (Å²) in [6.45, 7) is 2.01. The average Bonchev–Trinajstić information content (AvgIpc) is 2.85. The minimum atomic E-state index is 0.748. The van der Waals surface area contributed by atoms with Crippen molar-refractivity contribution in [1.29, 1.82) is 0 Å². The van der Waals surface area contributed by atoms with E-state index in [2.05, 4.69) is 27.3 Å². The molecule has 0 saturated heterocycles. The minimum absolute atomic E-state index is 0.748. The van der Waals surface area contributed by atoms with E-state index < -0.39 is 0 Å². The van der Waals surface area contributed by atoms with E-state index in [4.69, 9.17) is 0 Å². The lowest BCUT2D eigenvalue weighted by molar-refractivity contribution is 0.768. The lowest BCUT2D eigenvalue weighted by Gasteiger charge is -1.97. The second-order valence-electron chi connectivity index (χ2n) is 4.18. The van der Waals surface area contributed by atoms with Crippen molar-refractivity contribution >= 4 is 10.9 Å². The van der Waals surface area contributed by atoms with Crippen molar-refractivity contribution < 1.29 is 0 Å². The topological polar surface area (TPSA) is 48.5 Å². The summed E-state index contributed by atoms with van der Waals surface area (Å²) in [5.74, 6) is 0.748. The smallest absolute Gasteiger partial charge is 0.181 e. The van der Waals surface area contributed by atoms with Crippen molar-refractivity contribution in [3.63, 3.8) is 0 Å². The van der Waals surface area contributed by atoms with Crippen LogP contribution in [0.1, 0.15) is 5.69 Å². The first kappa shape index (κ1) is 10.0. The van der Waals surface area contributed by atoms with Gasteiger partial charge < -0.3 is 0 Å². The van der Waals surface area contributed by atoms with Crippen LogP contribution in [0.5, 0.6) is 0 Å². The van der Waals surface area contributed by atoms with Crippen LogP contribution in [0.4, 0.5) is 0 Å². The zero-order valence-corrected chi connectivity index (χ0v) is 10.0. The molecule has 2 heterocycles. The van der Waals surface area contributed by atoms with Gasteiger partial charge in [0.1, 0.15) is 6.33 Å². The highest BCUT2D eigenvalue weighted by molar-refractivity contribution is 5.85. The maximum absolute atomic E-state index is 4.40. The highest BCUT2D eigenvalue weighted by atomic mass is 15.3. The normalized spacial score (nSPS) is 11.2. The predicted molar refractivity (Wildman–Crippen MR) is 65.4 cm³/mol. The Morgan fingerprint density at radius 3 is 2.65 bits per heavy atom. The molecule has 0 spiro atoms. The molecule has 0 aliphatic heterocycles. The number of fused-ring (bicyclic) bond motifs is 1. The second-order valence-corrected chi connectivity index (χ2v) is 4.18. The average molecular weight is 227 g/mol. The summed E-state index contributed by atoms with van der Waals surface area (Å²) in [6, 6.07) is 6.17. The molecule has 0 radical (unpaired) electrons. The summed E-state index contributed by atoms with van der Waals surface area (Å²) in [6.07, 6.45) is 1.70. The van der Waals surface area contributed by atoms with E-state index in [0.29, 0.717) is 0 Å². The van der Waals surface area contributed by atoms with Gasteiger partial charge in [0.25, 0.3) is 0 Å². The number of hydrogen-bond donors (Lipinski definition) is 0. The SMILES string of the molecule is Cc1nn(C)c2ccc(-c3ncn(C)n3)cc12. The van der Waals surface area contributed by atoms with Crippen LogP contribution in [0, 0.1) is 6.92 Å². The molecule has 0 saturated carbocycles. The fourth-order valence-electron chi connectivity index (χ4n) is 2.05. The molecule has 0 aliphatic carbocycles. The van der Waals surface area contributed by atoms with Crippen LogP contribution in [0.3, 0.4) is 0 Å². The van der Waals surface area contributed by atoms with Crippen LogP contribution >= 0.6 is 0 Å². The van der Waals surface area contributed by atoms with Gasteiger partial charge >= 0.3 is 0 Å². The Labute approximate surface area is 98.7 Å². The molecule has 0 atom stereocenters. The van der Waals surface area contributed by atoms with Crippen molar-refractivity contribution in [1.82, 2.24) is 24.5 Å². The molecule has 0 amide bonds. The van der Waals surface area contributed by atoms with Gasteiger partial charge in [0, 0.05) is 25.0 Å². The maximum atomic E-state index is 4.40. The van der Waals surface area contributed by atoms with Crippen LogP contribution in [0.25, 0.3) is 22.3 Å². The van der Waals surface area contributed by atoms with Gasteiger partial charge in [-0.1, -0.05) is 0 Å². The van der Waals surface area contributed by atoms with Gasteiger partial charge in [-0.3, -0.25) is 9.36 Å². The van der Waals surface area contributed by atoms with E-state index in [1.165, 1.54) is 0 Å². The van der Waals surface area contributed by atoms with Crippen LogP contribution in [-0.2, 0) is 14.1 Å². The molecule has 1 aromatic carbocycles. The molecule has 5 heteroatoms. The van der Waals surface area contributed by atoms with Crippen molar-refractivity contribution in [2.75, 3.05) is 0 Å². The van der Waals surface area contributed by atoms with Crippen molar-refractivity contribution in [2.24, 2.45) is 14.1 Å². The highest BCUT2D eigenvalue weighted by Crippen LogP contribution is 2.23. The maximum Gasteiger partial charge on any atom is 0.181 e. The fraction of sp³-hybridized carbons (Fsp3) is 0.250. The molecule has 0 bridgehead atoms. The first-order chi connectivity index (χ1) is 8.15. The Balaban J connectivity index is 2.22. The number of aromatic nitrogens is 5. The summed E-state index contributed by atoms with van der Waals surface area (Å²) in [7, 11) is 3.82. The fourth-order valence-corrected chi connectivity index (χ4v) is 2.05. The monoisotopic (exact) mass is 227 g/mol. The standard InChI is InChI=1S/C12H13N5/c1-8-10-6-9(12-13-7-16(2)15-12)4-5-11(10)17(3)14-8/h4-7H,1-3H3. The molecule has 3 aromatic rings. The first-order valence-corrected chi connectivity index (χ1v) is 5.44. The Hall–Kier alpha value is -2.17. The molecule has 0 fully saturated rings. The van der Waals surface area contributed by atoms with Gasteiger partial charge in [-0.15, -0.1) is 0 Å². The van der Waals surface area contributed by atoms with Crippen LogP contribution in [0.15, 0.2) is 24.5 Å². The summed E-state index contributed by atoms with van der Waals surface area (Å²) in [5.41, 5.74) is 3.18. The molecule has 5 nitrogen and oxygen atoms in total. The van der Waals surface area contributed by atoms with Crippen molar-refractivity contribution in [3.8, 4) is 11.4 Å². The van der Waals surface area contributed by atoms with E-state index in [1.807, 2.05) is 31.8 Å². The zero-order valence-electron chi connectivity index (χ0n) is 10.0. The third kappa shape index (κ3) is 1.51. The number of aryl methyl sites for hydroxylation is 3. The van der Waals surface area contributed by atoms with Gasteiger partial charge in [0.2, 0.25) is 0 Å². The lowest BCUT2D eigenvalue weighted by atomic mass is 10.1. The summed E-state index contributed by atoms with van der Waals surface area (Å²) >= 11 is 0. The zero-order chi connectivity index (χ0) is 12.0. The number of nitrogens with zero attached hydrogens (tertiary/aromatic N) is 5. The molecular weight excluding hydrogens is 214 g/mol. The summed E-state index contributed by atoms with van der Waals surface area (Å²) in [5, 5.41) is 9.85. The predicted octanol–water partition coefficient (Wildman–Crippen LogP) is 1.68. The largest absolute Gasteiger partial charge is 0.268 e. The molecule has 3 rings (SSSR count). The van der Waals surface area contributed by atoms with E-state index in [1.54, 1.807) is 11.0 Å². The van der Waals surface area contributed by atoms with Gasteiger partial charge in [-0.05, 0) is 25.1 Å². The number of rotatable bonds is 1. The quantitative estimate of drug-likeness (QED) is 0.635. The highest BCUT2D eigenvalue weighted by Gasteiger charge is 2.08. The van der Waals surface area contributed by atoms with E-state index in [-0.39, 0.29) is 0 Å². The molecule has 86 valence electrons. The van der Waals surface area contributed by atoms with Crippen molar-refractivity contribution in [2.45, 2.75) is 6.92 Å². The Morgan fingerprint density at radius 1 is 1.12 bits per heavy atom. The van der Waals surface area contributed by atoms with E-state index >= 15 is 0 Å². The summed E-state index contributed by atoms with van der Waals surface area (Å²) < 4.78 is 3.59. The van der Waals surface area contributed by atoms with Gasteiger partial charge in [0.05, 0.1) is 11.2 Å². The molecule has 0 N–H and O–H groups in total. The molecule has 17 heavy (non-hydrogen) atoms. The Morgan fingerprint density at radius 2 is 1.94 bits per heavy atom.